The molecule has 1 aliphatic heterocycles. The monoisotopic (exact) mass is 223 g/mol. The predicted octanol–water partition coefficient (Wildman–Crippen LogP) is 0.346. The van der Waals surface area contributed by atoms with Crippen molar-refractivity contribution in [2.75, 3.05) is 19.6 Å². The minimum absolute atomic E-state index is 0.106. The van der Waals surface area contributed by atoms with Crippen LogP contribution in [0.1, 0.15) is 13.8 Å². The summed E-state index contributed by atoms with van der Waals surface area (Å²) in [5, 5.41) is 0. The summed E-state index contributed by atoms with van der Waals surface area (Å²) in [7, 11) is 0. The SMILES string of the molecule is CCN(CC)CC1Cn2ccc(=O)nc2O1. The van der Waals surface area contributed by atoms with Crippen molar-refractivity contribution in [3.63, 3.8) is 0 Å². The quantitative estimate of drug-likeness (QED) is 0.739. The molecule has 0 amide bonds. The van der Waals surface area contributed by atoms with Crippen molar-refractivity contribution in [1.82, 2.24) is 14.5 Å². The Morgan fingerprint density at radius 3 is 3.00 bits per heavy atom. The molecule has 1 atom stereocenters. The third-order valence-corrected chi connectivity index (χ3v) is 2.88. The Morgan fingerprint density at radius 1 is 1.56 bits per heavy atom. The molecule has 1 aromatic rings. The van der Waals surface area contributed by atoms with Crippen LogP contribution in [-0.2, 0) is 6.54 Å². The summed E-state index contributed by atoms with van der Waals surface area (Å²) in [6.45, 7) is 7.94. The van der Waals surface area contributed by atoms with Gasteiger partial charge in [-0.2, -0.15) is 4.98 Å². The largest absolute Gasteiger partial charge is 0.458 e. The average molecular weight is 223 g/mol. The van der Waals surface area contributed by atoms with Gasteiger partial charge in [0.15, 0.2) is 0 Å². The van der Waals surface area contributed by atoms with E-state index in [0.29, 0.717) is 6.01 Å². The summed E-state index contributed by atoms with van der Waals surface area (Å²) < 4.78 is 7.52. The molecule has 16 heavy (non-hydrogen) atoms. The molecule has 0 bridgehead atoms. The van der Waals surface area contributed by atoms with Crippen LogP contribution in [0, 0.1) is 0 Å². The Labute approximate surface area is 94.7 Å². The molecule has 1 aromatic heterocycles. The first-order valence-corrected chi connectivity index (χ1v) is 5.69. The molecule has 0 fully saturated rings. The third-order valence-electron chi connectivity index (χ3n) is 2.88. The van der Waals surface area contributed by atoms with Gasteiger partial charge in [-0.05, 0) is 13.1 Å². The van der Waals surface area contributed by atoms with E-state index in [2.05, 4.69) is 23.7 Å². The molecule has 88 valence electrons. The normalized spacial score (nSPS) is 18.6. The van der Waals surface area contributed by atoms with Crippen molar-refractivity contribution in [1.29, 1.82) is 0 Å². The maximum atomic E-state index is 11.1. The van der Waals surface area contributed by atoms with Gasteiger partial charge >= 0.3 is 0 Å². The Kier molecular flexibility index (Phi) is 3.24. The predicted molar refractivity (Wildman–Crippen MR) is 60.7 cm³/mol. The number of hydrogen-bond donors (Lipinski definition) is 0. The van der Waals surface area contributed by atoms with Crippen molar-refractivity contribution in [3.8, 4) is 6.01 Å². The summed E-state index contributed by atoms with van der Waals surface area (Å²) in [4.78, 5) is 17.2. The van der Waals surface area contributed by atoms with Gasteiger partial charge in [0.1, 0.15) is 6.10 Å². The van der Waals surface area contributed by atoms with E-state index in [4.69, 9.17) is 4.74 Å². The highest BCUT2D eigenvalue weighted by Crippen LogP contribution is 2.17. The summed E-state index contributed by atoms with van der Waals surface area (Å²) >= 11 is 0. The van der Waals surface area contributed by atoms with Crippen LogP contribution in [0.15, 0.2) is 17.1 Å². The van der Waals surface area contributed by atoms with Gasteiger partial charge in [-0.3, -0.25) is 9.36 Å². The Balaban J connectivity index is 2.02. The molecule has 5 nitrogen and oxygen atoms in total. The Morgan fingerprint density at radius 2 is 2.31 bits per heavy atom. The topological polar surface area (TPSA) is 47.4 Å². The van der Waals surface area contributed by atoms with Crippen molar-refractivity contribution < 1.29 is 4.74 Å². The highest BCUT2D eigenvalue weighted by molar-refractivity contribution is 5.04. The number of rotatable bonds is 4. The number of likely N-dealkylation sites (N-methyl/N-ethyl adjacent to an activating group) is 1. The van der Waals surface area contributed by atoms with Gasteiger partial charge in [0.05, 0.1) is 6.54 Å². The standard InChI is InChI=1S/C11H17N3O2/c1-3-13(4-2)7-9-8-14-6-5-10(15)12-11(14)16-9/h5-6,9H,3-4,7-8H2,1-2H3. The van der Waals surface area contributed by atoms with Gasteiger partial charge in [-0.1, -0.05) is 13.8 Å². The zero-order chi connectivity index (χ0) is 11.5. The smallest absolute Gasteiger partial charge is 0.300 e. The molecule has 1 aliphatic rings. The molecule has 0 radical (unpaired) electrons. The highest BCUT2D eigenvalue weighted by Gasteiger charge is 2.24. The fourth-order valence-electron chi connectivity index (χ4n) is 1.92. The molecule has 2 rings (SSSR count). The summed E-state index contributed by atoms with van der Waals surface area (Å²) in [6, 6.07) is 1.91. The molecular formula is C11H17N3O2. The van der Waals surface area contributed by atoms with Crippen molar-refractivity contribution in [2.45, 2.75) is 26.5 Å². The number of aromatic nitrogens is 2. The lowest BCUT2D eigenvalue weighted by Gasteiger charge is -2.20. The molecule has 0 aliphatic carbocycles. The van der Waals surface area contributed by atoms with Crippen molar-refractivity contribution in [2.24, 2.45) is 0 Å². The number of ether oxygens (including phenoxy) is 1. The van der Waals surface area contributed by atoms with Gasteiger partial charge in [-0.25, -0.2) is 0 Å². The minimum Gasteiger partial charge on any atom is -0.458 e. The number of nitrogens with zero attached hydrogens (tertiary/aromatic N) is 3. The molecule has 5 heteroatoms. The third kappa shape index (κ3) is 2.24. The van der Waals surface area contributed by atoms with Crippen LogP contribution < -0.4 is 10.3 Å². The van der Waals surface area contributed by atoms with Gasteiger partial charge in [0, 0.05) is 18.8 Å². The van der Waals surface area contributed by atoms with E-state index in [0.717, 1.165) is 26.2 Å². The van der Waals surface area contributed by atoms with Crippen LogP contribution in [0.25, 0.3) is 0 Å². The fourth-order valence-corrected chi connectivity index (χ4v) is 1.92. The second kappa shape index (κ2) is 4.65. The molecule has 0 spiro atoms. The van der Waals surface area contributed by atoms with Crippen LogP contribution in [-0.4, -0.2) is 40.2 Å². The first-order valence-electron chi connectivity index (χ1n) is 5.69. The van der Waals surface area contributed by atoms with E-state index in [1.54, 1.807) is 6.20 Å². The number of fused-ring (bicyclic) bond motifs is 1. The second-order valence-corrected chi connectivity index (χ2v) is 3.93. The van der Waals surface area contributed by atoms with E-state index in [1.807, 2.05) is 4.57 Å². The van der Waals surface area contributed by atoms with Gasteiger partial charge < -0.3 is 9.64 Å². The molecule has 0 saturated carbocycles. The minimum atomic E-state index is -0.241. The van der Waals surface area contributed by atoms with E-state index in [1.165, 1.54) is 6.07 Å². The maximum absolute atomic E-state index is 11.1. The van der Waals surface area contributed by atoms with Crippen LogP contribution in [0.2, 0.25) is 0 Å². The number of hydrogen-bond acceptors (Lipinski definition) is 4. The lowest BCUT2D eigenvalue weighted by atomic mass is 10.3. The Bertz CT molecular complexity index is 412. The summed E-state index contributed by atoms with van der Waals surface area (Å²) in [6.07, 6.45) is 1.85. The molecule has 2 heterocycles. The van der Waals surface area contributed by atoms with Crippen molar-refractivity contribution >= 4 is 0 Å². The van der Waals surface area contributed by atoms with E-state index >= 15 is 0 Å². The fraction of sp³-hybridized carbons (Fsp3) is 0.636. The van der Waals surface area contributed by atoms with Gasteiger partial charge in [0.25, 0.3) is 11.6 Å². The molecule has 1 unspecified atom stereocenters. The summed E-state index contributed by atoms with van der Waals surface area (Å²) in [5.74, 6) is 0. The van der Waals surface area contributed by atoms with E-state index in [-0.39, 0.29) is 11.7 Å². The lowest BCUT2D eigenvalue weighted by molar-refractivity contribution is 0.154. The van der Waals surface area contributed by atoms with Crippen LogP contribution in [0.3, 0.4) is 0 Å². The summed E-state index contributed by atoms with van der Waals surface area (Å²) in [5.41, 5.74) is -0.241. The van der Waals surface area contributed by atoms with Gasteiger partial charge in [0.2, 0.25) is 0 Å². The average Bonchev–Trinajstić information content (AvgIpc) is 2.67. The van der Waals surface area contributed by atoms with Crippen LogP contribution in [0.5, 0.6) is 6.01 Å². The van der Waals surface area contributed by atoms with Crippen LogP contribution >= 0.6 is 0 Å². The zero-order valence-corrected chi connectivity index (χ0v) is 9.72. The van der Waals surface area contributed by atoms with Crippen LogP contribution in [0.4, 0.5) is 0 Å². The van der Waals surface area contributed by atoms with E-state index < -0.39 is 0 Å². The van der Waals surface area contributed by atoms with E-state index in [9.17, 15) is 4.79 Å². The zero-order valence-electron chi connectivity index (χ0n) is 9.72. The lowest BCUT2D eigenvalue weighted by Crippen LogP contribution is -2.34. The first kappa shape index (κ1) is 11.1. The Hall–Kier alpha value is -1.36. The van der Waals surface area contributed by atoms with Crippen molar-refractivity contribution in [3.05, 3.63) is 22.6 Å². The first-order chi connectivity index (χ1) is 7.72. The molecule has 0 saturated heterocycles. The molecular weight excluding hydrogens is 206 g/mol. The molecule has 0 aromatic carbocycles. The van der Waals surface area contributed by atoms with Gasteiger partial charge in [-0.15, -0.1) is 0 Å². The second-order valence-electron chi connectivity index (χ2n) is 3.93. The maximum Gasteiger partial charge on any atom is 0.300 e. The molecule has 0 N–H and O–H groups in total. The highest BCUT2D eigenvalue weighted by atomic mass is 16.5.